The molecule has 24 heavy (non-hydrogen) atoms. The van der Waals surface area contributed by atoms with Crippen molar-refractivity contribution in [2.45, 2.75) is 18.6 Å². The van der Waals surface area contributed by atoms with Crippen molar-refractivity contribution in [1.29, 1.82) is 0 Å². The zero-order valence-electron chi connectivity index (χ0n) is 13.5. The second kappa shape index (κ2) is 8.45. The number of nitrogens with one attached hydrogen (secondary N) is 1. The predicted octanol–water partition coefficient (Wildman–Crippen LogP) is 4.81. The van der Waals surface area contributed by atoms with E-state index in [0.717, 1.165) is 35.1 Å². The predicted molar refractivity (Wildman–Crippen MR) is 104 cm³/mol. The molecule has 0 radical (unpaired) electrons. The van der Waals surface area contributed by atoms with Crippen LogP contribution >= 0.6 is 23.4 Å². The van der Waals surface area contributed by atoms with E-state index < -0.39 is 0 Å². The Bertz CT molecular complexity index is 684. The monoisotopic (exact) mass is 360 g/mol. The highest BCUT2D eigenvalue weighted by Crippen LogP contribution is 2.23. The first-order valence-corrected chi connectivity index (χ1v) is 9.72. The highest BCUT2D eigenvalue weighted by Gasteiger charge is 2.12. The first kappa shape index (κ1) is 17.2. The normalized spacial score (nSPS) is 14.0. The van der Waals surface area contributed by atoms with Crippen LogP contribution in [0, 0.1) is 0 Å². The van der Waals surface area contributed by atoms with Crippen molar-refractivity contribution in [2.24, 2.45) is 0 Å². The average molecular weight is 361 g/mol. The summed E-state index contributed by atoms with van der Waals surface area (Å²) in [5, 5.41) is 3.70. The van der Waals surface area contributed by atoms with Crippen LogP contribution < -0.4 is 10.2 Å². The minimum atomic E-state index is 0.0148. The van der Waals surface area contributed by atoms with Gasteiger partial charge in [-0.05, 0) is 48.7 Å². The first-order chi connectivity index (χ1) is 11.7. The van der Waals surface area contributed by atoms with Gasteiger partial charge in [-0.3, -0.25) is 4.79 Å². The van der Waals surface area contributed by atoms with Gasteiger partial charge in [0.2, 0.25) is 5.91 Å². The topological polar surface area (TPSA) is 32.3 Å². The number of thioether (sulfide) groups is 1. The van der Waals surface area contributed by atoms with E-state index in [0.29, 0.717) is 5.75 Å². The molecule has 2 aromatic carbocycles. The van der Waals surface area contributed by atoms with Crippen LogP contribution in [-0.2, 0) is 10.5 Å². The molecule has 1 saturated heterocycles. The summed E-state index contributed by atoms with van der Waals surface area (Å²) in [6.07, 6.45) is 2.53. The van der Waals surface area contributed by atoms with Gasteiger partial charge < -0.3 is 10.2 Å². The number of hydrogen-bond acceptors (Lipinski definition) is 3. The maximum Gasteiger partial charge on any atom is 0.234 e. The van der Waals surface area contributed by atoms with Crippen molar-refractivity contribution < 1.29 is 4.79 Å². The molecule has 0 unspecified atom stereocenters. The summed E-state index contributed by atoms with van der Waals surface area (Å²) in [5.41, 5.74) is 3.15. The SMILES string of the molecule is O=C(CSCc1ccccc1Cl)Nc1ccc(N2CCCC2)cc1. The Labute approximate surface area is 152 Å². The summed E-state index contributed by atoms with van der Waals surface area (Å²) in [6.45, 7) is 2.26. The van der Waals surface area contributed by atoms with Gasteiger partial charge in [-0.15, -0.1) is 11.8 Å². The van der Waals surface area contributed by atoms with E-state index in [4.69, 9.17) is 11.6 Å². The van der Waals surface area contributed by atoms with Gasteiger partial charge in [0, 0.05) is 35.2 Å². The van der Waals surface area contributed by atoms with Crippen molar-refractivity contribution in [2.75, 3.05) is 29.1 Å². The average Bonchev–Trinajstić information content (AvgIpc) is 3.12. The molecule has 1 fully saturated rings. The summed E-state index contributed by atoms with van der Waals surface area (Å²) < 4.78 is 0. The third-order valence-electron chi connectivity index (χ3n) is 4.07. The van der Waals surface area contributed by atoms with E-state index in [9.17, 15) is 4.79 Å². The number of amides is 1. The molecule has 0 aliphatic carbocycles. The fourth-order valence-electron chi connectivity index (χ4n) is 2.80. The van der Waals surface area contributed by atoms with Gasteiger partial charge in [0.15, 0.2) is 0 Å². The molecule has 3 rings (SSSR count). The maximum absolute atomic E-state index is 12.1. The molecule has 1 aliphatic heterocycles. The third-order valence-corrected chi connectivity index (χ3v) is 5.42. The zero-order valence-corrected chi connectivity index (χ0v) is 15.1. The Hall–Kier alpha value is -1.65. The molecule has 0 spiro atoms. The van der Waals surface area contributed by atoms with E-state index in [1.165, 1.54) is 18.5 Å². The summed E-state index contributed by atoms with van der Waals surface area (Å²) in [6, 6.07) is 15.9. The Balaban J connectivity index is 1.45. The smallest absolute Gasteiger partial charge is 0.234 e. The standard InChI is InChI=1S/C19H21ClN2OS/c20-18-6-2-1-5-15(18)13-24-14-19(23)21-16-7-9-17(10-8-16)22-11-3-4-12-22/h1-2,5-10H,3-4,11-14H2,(H,21,23). The first-order valence-electron chi connectivity index (χ1n) is 8.18. The van der Waals surface area contributed by atoms with E-state index in [1.54, 1.807) is 11.8 Å². The Morgan fingerprint density at radius 2 is 1.79 bits per heavy atom. The molecule has 1 amide bonds. The molecule has 126 valence electrons. The Morgan fingerprint density at radius 1 is 1.08 bits per heavy atom. The molecule has 3 nitrogen and oxygen atoms in total. The summed E-state index contributed by atoms with van der Waals surface area (Å²) in [7, 11) is 0. The lowest BCUT2D eigenvalue weighted by atomic mass is 10.2. The number of carbonyl (C=O) groups is 1. The van der Waals surface area contributed by atoms with Crippen LogP contribution in [-0.4, -0.2) is 24.7 Å². The van der Waals surface area contributed by atoms with Gasteiger partial charge >= 0.3 is 0 Å². The number of benzene rings is 2. The van der Waals surface area contributed by atoms with Crippen LogP contribution in [0.5, 0.6) is 0 Å². The molecule has 5 heteroatoms. The minimum absolute atomic E-state index is 0.0148. The minimum Gasteiger partial charge on any atom is -0.372 e. The van der Waals surface area contributed by atoms with Gasteiger partial charge in [0.1, 0.15) is 0 Å². The molecule has 0 atom stereocenters. The molecular weight excluding hydrogens is 340 g/mol. The number of anilines is 2. The van der Waals surface area contributed by atoms with Crippen LogP contribution in [0.1, 0.15) is 18.4 Å². The lowest BCUT2D eigenvalue weighted by Gasteiger charge is -2.17. The van der Waals surface area contributed by atoms with Gasteiger partial charge in [0.05, 0.1) is 5.75 Å². The molecule has 1 heterocycles. The molecule has 0 bridgehead atoms. The van der Waals surface area contributed by atoms with E-state index in [-0.39, 0.29) is 5.91 Å². The Kier molecular flexibility index (Phi) is 6.05. The van der Waals surface area contributed by atoms with Gasteiger partial charge in [-0.25, -0.2) is 0 Å². The summed E-state index contributed by atoms with van der Waals surface area (Å²) in [4.78, 5) is 14.4. The number of halogens is 1. The second-order valence-electron chi connectivity index (χ2n) is 5.87. The van der Waals surface area contributed by atoms with E-state index in [2.05, 4.69) is 22.3 Å². The lowest BCUT2D eigenvalue weighted by molar-refractivity contribution is -0.113. The molecule has 0 saturated carbocycles. The van der Waals surface area contributed by atoms with Crippen LogP contribution in [0.3, 0.4) is 0 Å². The van der Waals surface area contributed by atoms with Gasteiger partial charge in [-0.2, -0.15) is 0 Å². The second-order valence-corrected chi connectivity index (χ2v) is 7.27. The fraction of sp³-hybridized carbons (Fsp3) is 0.316. The van der Waals surface area contributed by atoms with Crippen LogP contribution in [0.25, 0.3) is 0 Å². The molecule has 0 aromatic heterocycles. The van der Waals surface area contributed by atoms with Crippen LogP contribution in [0.15, 0.2) is 48.5 Å². The number of hydrogen-bond donors (Lipinski definition) is 1. The highest BCUT2D eigenvalue weighted by atomic mass is 35.5. The largest absolute Gasteiger partial charge is 0.372 e. The van der Waals surface area contributed by atoms with Gasteiger partial charge in [0.25, 0.3) is 0 Å². The van der Waals surface area contributed by atoms with E-state index in [1.807, 2.05) is 36.4 Å². The molecule has 1 aliphatic rings. The van der Waals surface area contributed by atoms with Crippen LogP contribution in [0.4, 0.5) is 11.4 Å². The van der Waals surface area contributed by atoms with Crippen molar-refractivity contribution >= 4 is 40.6 Å². The molecular formula is C19H21ClN2OS. The van der Waals surface area contributed by atoms with Crippen molar-refractivity contribution in [3.05, 3.63) is 59.1 Å². The lowest BCUT2D eigenvalue weighted by Crippen LogP contribution is -2.18. The molecule has 2 aromatic rings. The van der Waals surface area contributed by atoms with E-state index >= 15 is 0 Å². The maximum atomic E-state index is 12.1. The van der Waals surface area contributed by atoms with Crippen molar-refractivity contribution in [3.63, 3.8) is 0 Å². The number of nitrogens with zero attached hydrogens (tertiary/aromatic N) is 1. The van der Waals surface area contributed by atoms with Gasteiger partial charge in [-0.1, -0.05) is 29.8 Å². The quantitative estimate of drug-likeness (QED) is 0.802. The highest BCUT2D eigenvalue weighted by molar-refractivity contribution is 7.99. The van der Waals surface area contributed by atoms with Crippen LogP contribution in [0.2, 0.25) is 5.02 Å². The Morgan fingerprint density at radius 3 is 2.50 bits per heavy atom. The summed E-state index contributed by atoms with van der Waals surface area (Å²) >= 11 is 7.69. The van der Waals surface area contributed by atoms with Crippen molar-refractivity contribution in [3.8, 4) is 0 Å². The zero-order chi connectivity index (χ0) is 16.8. The van der Waals surface area contributed by atoms with Crippen molar-refractivity contribution in [1.82, 2.24) is 0 Å². The fourth-order valence-corrected chi connectivity index (χ4v) is 3.91. The number of rotatable bonds is 6. The number of carbonyl (C=O) groups excluding carboxylic acids is 1. The molecule has 1 N–H and O–H groups in total. The third kappa shape index (κ3) is 4.68. The summed E-state index contributed by atoms with van der Waals surface area (Å²) in [5.74, 6) is 1.17.